The van der Waals surface area contributed by atoms with E-state index in [1.807, 2.05) is 0 Å². The fraction of sp³-hybridized carbons (Fsp3) is 0.333. The molecule has 1 amide bonds. The Morgan fingerprint density at radius 1 is 0.560 bits per heavy atom. The van der Waals surface area contributed by atoms with Crippen LogP contribution in [0.3, 0.4) is 0 Å². The van der Waals surface area contributed by atoms with Crippen LogP contribution in [0.1, 0.15) is 91.7 Å². The lowest BCUT2D eigenvalue weighted by Gasteiger charge is -2.27. The van der Waals surface area contributed by atoms with Gasteiger partial charge in [0.2, 0.25) is 0 Å². The molecule has 0 saturated heterocycles. The summed E-state index contributed by atoms with van der Waals surface area (Å²) in [4.78, 5) is 27.1. The summed E-state index contributed by atoms with van der Waals surface area (Å²) in [6.45, 7) is 10.7. The molecule has 7 aromatic rings. The number of amides is 1. The van der Waals surface area contributed by atoms with Crippen molar-refractivity contribution in [2.75, 3.05) is 62.7 Å². The second-order valence-electron chi connectivity index (χ2n) is 20.7. The summed E-state index contributed by atoms with van der Waals surface area (Å²) in [5.41, 5.74) is 16.2. The number of carbonyl (C=O) groups excluding carboxylic acids is 1. The monoisotopic (exact) mass is 1190 g/mol. The zero-order chi connectivity index (χ0) is 60.7. The molecule has 18 heteroatoms. The summed E-state index contributed by atoms with van der Waals surface area (Å²) in [5, 5.41) is 34.6. The van der Waals surface area contributed by atoms with Gasteiger partial charge in [-0.25, -0.2) is 4.79 Å². The number of hydrogen-bond donors (Lipinski definition) is 5. The summed E-state index contributed by atoms with van der Waals surface area (Å²) in [5.74, 6) is 0.0520. The fourth-order valence-electron chi connectivity index (χ4n) is 10.8. The topological polar surface area (TPSA) is 168 Å². The van der Waals surface area contributed by atoms with Gasteiger partial charge in [-0.3, -0.25) is 4.79 Å². The lowest BCUT2D eigenvalue weighted by atomic mass is 10.0. The smallest absolute Gasteiger partial charge is 0.497 e. The number of methoxy groups -OCH3 is 2. The van der Waals surface area contributed by atoms with Gasteiger partial charge in [-0.2, -0.15) is 0 Å². The van der Waals surface area contributed by atoms with Gasteiger partial charge in [-0.05, 0) is 166 Å². The van der Waals surface area contributed by atoms with E-state index in [0.29, 0.717) is 79.8 Å². The van der Waals surface area contributed by atoms with Gasteiger partial charge in [0.05, 0.1) is 33.1 Å². The van der Waals surface area contributed by atoms with Gasteiger partial charge in [-0.15, -0.1) is 13.2 Å². The van der Waals surface area contributed by atoms with Gasteiger partial charge in [0.25, 0.3) is 5.91 Å². The maximum atomic E-state index is 14.0. The number of aliphatic carboxylic acids is 1. The minimum Gasteiger partial charge on any atom is -0.497 e. The molecule has 13 nitrogen and oxygen atoms in total. The minimum atomic E-state index is -4.86. The second kappa shape index (κ2) is 29.8. The zero-order valence-corrected chi connectivity index (χ0v) is 49.7. The van der Waals surface area contributed by atoms with Crippen LogP contribution < -0.4 is 39.2 Å². The van der Waals surface area contributed by atoms with E-state index in [0.717, 1.165) is 5.56 Å². The number of hydrogen-bond acceptors (Lipinski definition) is 11. The molecular weight excluding hydrogens is 1120 g/mol. The molecule has 0 radical (unpaired) electrons. The third-order valence-electron chi connectivity index (χ3n) is 14.4. The van der Waals surface area contributed by atoms with Gasteiger partial charge in [0.15, 0.2) is 6.04 Å². The molecular formula is C66H72Cl2F3N3O10. The molecule has 1 heterocycles. The highest BCUT2D eigenvalue weighted by atomic mass is 35.5. The first kappa shape index (κ1) is 63.9. The van der Waals surface area contributed by atoms with Gasteiger partial charge in [0.1, 0.15) is 48.0 Å². The Hall–Kier alpha value is -7.63. The van der Waals surface area contributed by atoms with Crippen LogP contribution in [-0.4, -0.2) is 80.8 Å². The molecule has 0 spiro atoms. The fourth-order valence-corrected chi connectivity index (χ4v) is 11.0. The Bertz CT molecular complexity index is 3320. The van der Waals surface area contributed by atoms with E-state index in [1.54, 1.807) is 114 Å². The third kappa shape index (κ3) is 17.7. The van der Waals surface area contributed by atoms with Gasteiger partial charge >= 0.3 is 12.3 Å². The highest BCUT2D eigenvalue weighted by molar-refractivity contribution is 6.30. The van der Waals surface area contributed by atoms with E-state index in [2.05, 4.69) is 67.3 Å². The number of aryl methyl sites for hydroxylation is 7. The number of rotatable bonds is 17. The predicted molar refractivity (Wildman–Crippen MR) is 324 cm³/mol. The number of aliphatic hydroxyl groups is 2. The summed E-state index contributed by atoms with van der Waals surface area (Å²) in [6, 6.07) is 33.2. The number of ether oxygens (including phenoxy) is 5. The normalized spacial score (nSPS) is 13.4. The van der Waals surface area contributed by atoms with Crippen LogP contribution in [0, 0.1) is 34.6 Å². The number of anilines is 3. The highest BCUT2D eigenvalue weighted by Crippen LogP contribution is 2.40. The van der Waals surface area contributed by atoms with E-state index >= 15 is 0 Å². The quantitative estimate of drug-likeness (QED) is 0.0586. The first-order valence-corrected chi connectivity index (χ1v) is 28.4. The van der Waals surface area contributed by atoms with Gasteiger partial charge in [-0.1, -0.05) is 82.9 Å². The number of aliphatic hydroxyl groups excluding tert-OH is 2. The first-order valence-electron chi connectivity index (χ1n) is 27.7. The molecule has 10 rings (SSSR count). The largest absolute Gasteiger partial charge is 0.573 e. The Labute approximate surface area is 499 Å². The predicted octanol–water partition coefficient (Wildman–Crippen LogP) is 14.2. The lowest BCUT2D eigenvalue weighted by Crippen LogP contribution is -2.37. The standard InChI is InChI=1S/C27H26ClF3N2O5.C17H18ClNO5.2C11H14/c1-16-11-22(38-27(29,30)31)15-24-23(16)7-8-33(24)26(35)25(17-3-5-18(28)6-4-17)32-19-12-20(36-2)14-21(13-19)37-10-9-34;1-23-14-8-13(9-15(10-14)24-7-6-20)19-16(17(21)22)11-2-4-12(18)5-3-11;2*1-8-6-9(2)11-5-3-4-10(11)7-8/h3-6,11-15,25,32,34H,7-10H2,1-2H3;2-5,8-10,16,19-20H,6-7H2,1H3,(H,21,22);2*6-7H,3-5H2,1-2H3. The number of alkyl halides is 3. The van der Waals surface area contributed by atoms with E-state index < -0.39 is 24.4 Å². The van der Waals surface area contributed by atoms with Crippen LogP contribution in [0.2, 0.25) is 10.0 Å². The van der Waals surface area contributed by atoms with Crippen molar-refractivity contribution in [1.82, 2.24) is 0 Å². The molecule has 5 N–H and O–H groups in total. The molecule has 0 saturated carbocycles. The molecule has 3 aliphatic rings. The number of nitrogens with zero attached hydrogens (tertiary/aromatic N) is 1. The van der Waals surface area contributed by atoms with Crippen LogP contribution in [0.15, 0.2) is 121 Å². The van der Waals surface area contributed by atoms with E-state index in [9.17, 15) is 27.9 Å². The molecule has 0 bridgehead atoms. The van der Waals surface area contributed by atoms with Crippen molar-refractivity contribution in [3.63, 3.8) is 0 Å². The number of fused-ring (bicyclic) bond motifs is 3. The summed E-state index contributed by atoms with van der Waals surface area (Å²) < 4.78 is 64.3. The van der Waals surface area contributed by atoms with Gasteiger partial charge in [0, 0.05) is 70.4 Å². The van der Waals surface area contributed by atoms with Gasteiger partial charge < -0.3 is 54.5 Å². The molecule has 0 aromatic heterocycles. The Kier molecular flexibility index (Phi) is 22.6. The van der Waals surface area contributed by atoms with Crippen molar-refractivity contribution >= 4 is 52.1 Å². The maximum Gasteiger partial charge on any atom is 0.573 e. The van der Waals surface area contributed by atoms with Crippen LogP contribution >= 0.6 is 23.2 Å². The van der Waals surface area contributed by atoms with Crippen molar-refractivity contribution < 1.29 is 61.8 Å². The summed E-state index contributed by atoms with van der Waals surface area (Å²) in [7, 11) is 2.99. The number of carbonyl (C=O) groups is 2. The van der Waals surface area contributed by atoms with Crippen LogP contribution in [0.5, 0.6) is 28.7 Å². The highest BCUT2D eigenvalue weighted by Gasteiger charge is 2.36. The Balaban J connectivity index is 0.000000184. The molecule has 7 aromatic carbocycles. The molecule has 2 atom stereocenters. The minimum absolute atomic E-state index is 0.0679. The van der Waals surface area contributed by atoms with E-state index in [4.69, 9.17) is 52.4 Å². The number of carboxylic acid groups (broad SMARTS) is 1. The van der Waals surface area contributed by atoms with E-state index in [1.165, 1.54) is 92.0 Å². The summed E-state index contributed by atoms with van der Waals surface area (Å²) >= 11 is 11.9. The number of carboxylic acids is 1. The molecule has 2 aliphatic carbocycles. The average Bonchev–Trinajstić information content (AvgIpc) is 3.47. The molecule has 0 fully saturated rings. The van der Waals surface area contributed by atoms with Crippen molar-refractivity contribution in [3.8, 4) is 28.7 Å². The molecule has 446 valence electrons. The maximum absolute atomic E-state index is 14.0. The summed E-state index contributed by atoms with van der Waals surface area (Å²) in [6.07, 6.45) is 3.58. The van der Waals surface area contributed by atoms with Crippen LogP contribution in [0.4, 0.5) is 30.2 Å². The van der Waals surface area contributed by atoms with Crippen molar-refractivity contribution in [3.05, 3.63) is 198 Å². The molecule has 1 aliphatic heterocycles. The lowest BCUT2D eigenvalue weighted by molar-refractivity contribution is -0.274. The number of halogens is 5. The number of nitrogens with one attached hydrogen (secondary N) is 2. The number of benzene rings is 7. The Morgan fingerprint density at radius 2 is 1.00 bits per heavy atom. The van der Waals surface area contributed by atoms with Crippen molar-refractivity contribution in [1.29, 1.82) is 0 Å². The van der Waals surface area contributed by atoms with Crippen LogP contribution in [0.25, 0.3) is 0 Å². The van der Waals surface area contributed by atoms with E-state index in [-0.39, 0.29) is 38.1 Å². The van der Waals surface area contributed by atoms with Crippen molar-refractivity contribution in [2.24, 2.45) is 0 Å². The molecule has 2 unspecified atom stereocenters. The zero-order valence-electron chi connectivity index (χ0n) is 48.2. The SMILES string of the molecule is COc1cc(NC(C(=O)N2CCc3c(C)cc(OC(F)(F)F)cc32)c2ccc(Cl)cc2)cc(OCCO)c1.COc1cc(NC(C(=O)O)c2ccc(Cl)cc2)cc(OCCO)c1.Cc1cc(C)c2c(c1)CCC2.Cc1cc(C)c2c(c1)CCC2. The third-order valence-corrected chi connectivity index (χ3v) is 14.9. The average molecular weight is 1200 g/mol. The second-order valence-corrected chi connectivity index (χ2v) is 21.6. The first-order chi connectivity index (χ1) is 40.1. The van der Waals surface area contributed by atoms with Crippen LogP contribution in [-0.2, 0) is 41.7 Å². The van der Waals surface area contributed by atoms with Crippen molar-refractivity contribution in [2.45, 2.75) is 98.0 Å². The Morgan fingerprint density at radius 3 is 1.44 bits per heavy atom. The molecule has 84 heavy (non-hydrogen) atoms.